The molecule has 4 rings (SSSR count). The molecule has 206 valence electrons. The van der Waals surface area contributed by atoms with Gasteiger partial charge in [0.05, 0.1) is 41.1 Å². The van der Waals surface area contributed by atoms with Gasteiger partial charge in [-0.1, -0.05) is 48.7 Å². The molecule has 1 atom stereocenters. The van der Waals surface area contributed by atoms with Crippen LogP contribution in [0.3, 0.4) is 0 Å². The summed E-state index contributed by atoms with van der Waals surface area (Å²) in [6.45, 7) is 7.84. The fraction of sp³-hybridized carbons (Fsp3) is 0.345. The molecule has 0 aliphatic rings. The Morgan fingerprint density at radius 1 is 1.02 bits per heavy atom. The van der Waals surface area contributed by atoms with E-state index in [0.717, 1.165) is 50.1 Å². The van der Waals surface area contributed by atoms with Gasteiger partial charge in [0.15, 0.2) is 0 Å². The normalized spacial score (nSPS) is 12.2. The Morgan fingerprint density at radius 3 is 2.38 bits per heavy atom. The van der Waals surface area contributed by atoms with Gasteiger partial charge in [0.1, 0.15) is 9.83 Å². The van der Waals surface area contributed by atoms with Crippen molar-refractivity contribution in [1.29, 1.82) is 5.26 Å². The van der Waals surface area contributed by atoms with Crippen molar-refractivity contribution < 1.29 is 9.53 Å². The van der Waals surface area contributed by atoms with Gasteiger partial charge in [-0.05, 0) is 61.4 Å². The number of fused-ring (bicyclic) bond motifs is 1. The molecule has 0 radical (unpaired) electrons. The van der Waals surface area contributed by atoms with Crippen molar-refractivity contribution in [1.82, 2.24) is 4.98 Å². The van der Waals surface area contributed by atoms with E-state index in [1.807, 2.05) is 68.4 Å². The number of carbonyl (C=O) groups excluding carboxylic acids is 1. The monoisotopic (exact) mass is 573 g/mol. The van der Waals surface area contributed by atoms with Crippen LogP contribution in [-0.4, -0.2) is 30.6 Å². The number of carbonyl (C=O) groups is 1. The minimum Gasteiger partial charge on any atom is -0.465 e. The summed E-state index contributed by atoms with van der Waals surface area (Å²) in [5.41, 5.74) is 3.63. The number of ether oxygens (including phenoxy) is 1. The molecule has 0 saturated carbocycles. The number of azo groups is 2. The van der Waals surface area contributed by atoms with Crippen LogP contribution >= 0.6 is 22.7 Å². The molecule has 0 spiro atoms. The fourth-order valence-electron chi connectivity index (χ4n) is 3.70. The average molecular weight is 574 g/mol. The van der Waals surface area contributed by atoms with Crippen molar-refractivity contribution in [2.75, 3.05) is 24.6 Å². The number of aromatic nitrogens is 1. The standard InChI is InChI=1S/C29H31N7O2S2/c1-4-20(3)28(37)38-18-15-21-7-9-22(10-8-21)32-34-26-19-25-27(40-26)31-29(39-25)35-33-23-11-13-24(14-12-23)36(5-2)17-6-16-30/h7-14,19-20H,4-6,15,17-18H2,1-3H3. The lowest BCUT2D eigenvalue weighted by Gasteiger charge is -2.21. The van der Waals surface area contributed by atoms with E-state index in [0.29, 0.717) is 31.1 Å². The molecule has 2 heterocycles. The summed E-state index contributed by atoms with van der Waals surface area (Å²) >= 11 is 2.91. The predicted molar refractivity (Wildman–Crippen MR) is 161 cm³/mol. The number of hydrogen-bond donors (Lipinski definition) is 0. The topological polar surface area (TPSA) is 116 Å². The molecule has 4 aromatic rings. The molecule has 0 fully saturated rings. The number of esters is 1. The van der Waals surface area contributed by atoms with Crippen molar-refractivity contribution in [3.8, 4) is 6.07 Å². The number of hydrogen-bond acceptors (Lipinski definition) is 11. The van der Waals surface area contributed by atoms with Gasteiger partial charge in [-0.25, -0.2) is 4.98 Å². The zero-order valence-corrected chi connectivity index (χ0v) is 24.4. The van der Waals surface area contributed by atoms with Crippen LogP contribution in [0.15, 0.2) is 75.1 Å². The van der Waals surface area contributed by atoms with Gasteiger partial charge in [-0.2, -0.15) is 5.26 Å². The number of benzene rings is 2. The van der Waals surface area contributed by atoms with Crippen LogP contribution in [0.5, 0.6) is 0 Å². The first kappa shape index (κ1) is 29.0. The molecule has 9 nitrogen and oxygen atoms in total. The first-order valence-electron chi connectivity index (χ1n) is 13.2. The van der Waals surface area contributed by atoms with E-state index in [-0.39, 0.29) is 11.9 Å². The Balaban J connectivity index is 1.30. The van der Waals surface area contributed by atoms with Crippen LogP contribution in [0.1, 0.15) is 39.2 Å². The van der Waals surface area contributed by atoms with Gasteiger partial charge >= 0.3 is 5.97 Å². The molecule has 2 aromatic carbocycles. The highest BCUT2D eigenvalue weighted by molar-refractivity contribution is 7.30. The van der Waals surface area contributed by atoms with Gasteiger partial charge in [0.2, 0.25) is 5.13 Å². The molecule has 1 unspecified atom stereocenters. The second kappa shape index (κ2) is 14.4. The number of thiazole rings is 1. The van der Waals surface area contributed by atoms with Gasteiger partial charge < -0.3 is 9.64 Å². The molecule has 0 aliphatic carbocycles. The Labute approximate surface area is 241 Å². The van der Waals surface area contributed by atoms with Crippen molar-refractivity contribution >= 4 is 65.4 Å². The second-order valence-electron chi connectivity index (χ2n) is 9.05. The van der Waals surface area contributed by atoms with Crippen molar-refractivity contribution in [3.05, 3.63) is 60.2 Å². The second-order valence-corrected chi connectivity index (χ2v) is 11.1. The summed E-state index contributed by atoms with van der Waals surface area (Å²) in [7, 11) is 0. The first-order chi connectivity index (χ1) is 19.5. The summed E-state index contributed by atoms with van der Waals surface area (Å²) in [4.78, 5) is 19.4. The lowest BCUT2D eigenvalue weighted by Crippen LogP contribution is -2.23. The Hall–Kier alpha value is -4.01. The van der Waals surface area contributed by atoms with Gasteiger partial charge in [-0.3, -0.25) is 4.79 Å². The van der Waals surface area contributed by atoms with Crippen LogP contribution in [0.2, 0.25) is 0 Å². The Bertz CT molecular complexity index is 1470. The minimum absolute atomic E-state index is 0.0655. The van der Waals surface area contributed by atoms with Crippen molar-refractivity contribution in [3.63, 3.8) is 0 Å². The zero-order valence-electron chi connectivity index (χ0n) is 22.8. The SMILES string of the molecule is CCC(C)C(=O)OCCc1ccc(N=Nc2cc3sc(N=Nc4ccc(N(CC)CCC#N)cc4)nc3s2)cc1. The molecule has 0 N–H and O–H groups in total. The molecular formula is C29H31N7O2S2. The third-order valence-corrected chi connectivity index (χ3v) is 8.19. The van der Waals surface area contributed by atoms with Crippen LogP contribution in [0, 0.1) is 17.2 Å². The number of anilines is 1. The van der Waals surface area contributed by atoms with E-state index in [1.165, 1.54) is 22.7 Å². The molecule has 40 heavy (non-hydrogen) atoms. The van der Waals surface area contributed by atoms with Crippen molar-refractivity contribution in [2.24, 2.45) is 26.4 Å². The van der Waals surface area contributed by atoms with E-state index in [4.69, 9.17) is 10.00 Å². The average Bonchev–Trinajstić information content (AvgIpc) is 3.54. The molecule has 0 bridgehead atoms. The highest BCUT2D eigenvalue weighted by atomic mass is 32.1. The molecule has 0 amide bonds. The van der Waals surface area contributed by atoms with Gasteiger partial charge in [0, 0.05) is 25.2 Å². The highest BCUT2D eigenvalue weighted by Crippen LogP contribution is 2.39. The van der Waals surface area contributed by atoms with E-state index < -0.39 is 0 Å². The highest BCUT2D eigenvalue weighted by Gasteiger charge is 2.12. The summed E-state index contributed by atoms with van der Waals surface area (Å²) in [5.74, 6) is -0.212. The molecule has 11 heteroatoms. The van der Waals surface area contributed by atoms with E-state index >= 15 is 0 Å². The van der Waals surface area contributed by atoms with E-state index in [2.05, 4.69) is 43.3 Å². The fourth-order valence-corrected chi connectivity index (χ4v) is 5.55. The maximum absolute atomic E-state index is 11.8. The largest absolute Gasteiger partial charge is 0.465 e. The van der Waals surface area contributed by atoms with Crippen LogP contribution in [0.25, 0.3) is 9.53 Å². The third-order valence-electron chi connectivity index (χ3n) is 6.26. The lowest BCUT2D eigenvalue weighted by molar-refractivity contribution is -0.147. The molecular weight excluding hydrogens is 543 g/mol. The Morgan fingerprint density at radius 2 is 1.73 bits per heavy atom. The molecule has 2 aromatic heterocycles. The smallest absolute Gasteiger partial charge is 0.308 e. The van der Waals surface area contributed by atoms with Crippen LogP contribution in [0.4, 0.5) is 27.2 Å². The third kappa shape index (κ3) is 8.00. The molecule has 0 aliphatic heterocycles. The Kier molecular flexibility index (Phi) is 10.4. The maximum Gasteiger partial charge on any atom is 0.308 e. The van der Waals surface area contributed by atoms with Crippen molar-refractivity contribution in [2.45, 2.75) is 40.0 Å². The number of nitrogens with zero attached hydrogens (tertiary/aromatic N) is 7. The van der Waals surface area contributed by atoms with E-state index in [9.17, 15) is 4.79 Å². The van der Waals surface area contributed by atoms with Gasteiger partial charge in [-0.15, -0.1) is 20.5 Å². The summed E-state index contributed by atoms with van der Waals surface area (Å²) in [6, 6.07) is 19.7. The molecule has 0 saturated heterocycles. The maximum atomic E-state index is 11.8. The number of rotatable bonds is 13. The van der Waals surface area contributed by atoms with Crippen LogP contribution < -0.4 is 4.90 Å². The van der Waals surface area contributed by atoms with Crippen LogP contribution in [-0.2, 0) is 16.0 Å². The lowest BCUT2D eigenvalue weighted by atomic mass is 10.1. The minimum atomic E-state index is -0.147. The summed E-state index contributed by atoms with van der Waals surface area (Å²) < 4.78 is 6.31. The summed E-state index contributed by atoms with van der Waals surface area (Å²) in [5, 5.41) is 27.5. The number of nitriles is 1. The summed E-state index contributed by atoms with van der Waals surface area (Å²) in [6.07, 6.45) is 1.94. The van der Waals surface area contributed by atoms with E-state index in [1.54, 1.807) is 0 Å². The predicted octanol–water partition coefficient (Wildman–Crippen LogP) is 9.06. The zero-order chi connectivity index (χ0) is 28.3. The van der Waals surface area contributed by atoms with Gasteiger partial charge in [0.25, 0.3) is 0 Å². The quantitative estimate of drug-likeness (QED) is 0.117. The number of thiophene rings is 1. The first-order valence-corrected chi connectivity index (χ1v) is 14.8.